The van der Waals surface area contributed by atoms with Gasteiger partial charge in [-0.05, 0) is 37.6 Å². The number of hydrogen-bond donors (Lipinski definition) is 2. The van der Waals surface area contributed by atoms with Gasteiger partial charge >= 0.3 is 11.8 Å². The Morgan fingerprint density at radius 1 is 1.23 bits per heavy atom. The van der Waals surface area contributed by atoms with E-state index in [9.17, 15) is 9.59 Å². The molecule has 2 amide bonds. The molecule has 10 nitrogen and oxygen atoms in total. The number of nitrogens with zero attached hydrogens (tertiary/aromatic N) is 4. The highest BCUT2D eigenvalue weighted by Gasteiger charge is 2.17. The first-order valence-corrected chi connectivity index (χ1v) is 10.1. The van der Waals surface area contributed by atoms with E-state index in [1.54, 1.807) is 31.3 Å². The third-order valence-corrected chi connectivity index (χ3v) is 4.52. The van der Waals surface area contributed by atoms with Gasteiger partial charge in [-0.25, -0.2) is 0 Å². The maximum atomic E-state index is 12.2. The number of benzene rings is 1. The molecule has 12 heteroatoms. The Morgan fingerprint density at radius 3 is 2.71 bits per heavy atom. The van der Waals surface area contributed by atoms with Crippen molar-refractivity contribution in [3.63, 3.8) is 0 Å². The van der Waals surface area contributed by atoms with Gasteiger partial charge in [0.2, 0.25) is 0 Å². The number of hydrogen-bond acceptors (Lipinski definition) is 7. The Kier molecular flexibility index (Phi) is 7.48. The van der Waals surface area contributed by atoms with Crippen LogP contribution in [0.15, 0.2) is 35.1 Å². The summed E-state index contributed by atoms with van der Waals surface area (Å²) in [6.45, 7) is 4.06. The average molecular weight is 467 g/mol. The largest absolute Gasteiger partial charge is 0.481 e. The van der Waals surface area contributed by atoms with Crippen LogP contribution in [-0.2, 0) is 11.3 Å². The Balaban J connectivity index is 1.39. The van der Waals surface area contributed by atoms with E-state index in [0.717, 1.165) is 5.56 Å². The van der Waals surface area contributed by atoms with E-state index in [2.05, 4.69) is 25.9 Å². The number of carbonyl (C=O) groups excluding carboxylic acids is 2. The Hall–Kier alpha value is -3.11. The first-order valence-electron chi connectivity index (χ1n) is 9.31. The molecule has 0 aliphatic carbocycles. The maximum absolute atomic E-state index is 12.2. The number of nitrogens with one attached hydrogen (secondary N) is 2. The van der Waals surface area contributed by atoms with E-state index in [4.69, 9.17) is 32.5 Å². The van der Waals surface area contributed by atoms with Gasteiger partial charge in [0.05, 0.1) is 11.2 Å². The van der Waals surface area contributed by atoms with Crippen LogP contribution in [0.3, 0.4) is 0 Å². The van der Waals surface area contributed by atoms with Crippen LogP contribution in [0, 0.1) is 6.92 Å². The summed E-state index contributed by atoms with van der Waals surface area (Å²) in [6, 6.07) is 5.16. The van der Waals surface area contributed by atoms with Crippen LogP contribution in [0.4, 0.5) is 0 Å². The van der Waals surface area contributed by atoms with Crippen LogP contribution < -0.4 is 15.4 Å². The molecule has 164 valence electrons. The van der Waals surface area contributed by atoms with Gasteiger partial charge in [-0.15, -0.1) is 0 Å². The van der Waals surface area contributed by atoms with Crippen LogP contribution >= 0.6 is 23.2 Å². The van der Waals surface area contributed by atoms with Gasteiger partial charge < -0.3 is 19.9 Å². The van der Waals surface area contributed by atoms with Crippen LogP contribution in [0.5, 0.6) is 5.75 Å². The fourth-order valence-corrected chi connectivity index (χ4v) is 2.93. The molecule has 31 heavy (non-hydrogen) atoms. The lowest BCUT2D eigenvalue weighted by Crippen LogP contribution is -2.40. The van der Waals surface area contributed by atoms with Crippen molar-refractivity contribution in [1.82, 2.24) is 30.6 Å². The standard InChI is InChI=1S/C19H20Cl2N6O4/c1-11-7-13(20)3-4-15(11)30-12(2)17(28)22-5-6-23-18(29)19-25-16(26-31-19)10-27-9-14(21)8-24-27/h3-4,7-9,12H,5-6,10H2,1-2H3,(H,22,28)(H,23,29)/t12-/m1/s1. The summed E-state index contributed by atoms with van der Waals surface area (Å²) in [5.41, 5.74) is 0.828. The molecular formula is C19H20Cl2N6O4. The number of ether oxygens (including phenoxy) is 1. The second-order valence-corrected chi connectivity index (χ2v) is 7.46. The summed E-state index contributed by atoms with van der Waals surface area (Å²) < 4.78 is 12.1. The van der Waals surface area contributed by atoms with E-state index in [-0.39, 0.29) is 37.3 Å². The number of aromatic nitrogens is 4. The second-order valence-electron chi connectivity index (χ2n) is 6.59. The predicted molar refractivity (Wildman–Crippen MR) is 112 cm³/mol. The fraction of sp³-hybridized carbons (Fsp3) is 0.316. The third kappa shape index (κ3) is 6.43. The maximum Gasteiger partial charge on any atom is 0.316 e. The second kappa shape index (κ2) is 10.3. The quantitative estimate of drug-likeness (QED) is 0.463. The minimum absolute atomic E-state index is 0.170. The molecule has 3 rings (SSSR count). The van der Waals surface area contributed by atoms with Gasteiger partial charge in [-0.3, -0.25) is 14.3 Å². The van der Waals surface area contributed by atoms with Crippen LogP contribution in [0.2, 0.25) is 10.0 Å². The lowest BCUT2D eigenvalue weighted by molar-refractivity contribution is -0.127. The molecule has 0 aliphatic heterocycles. The molecule has 0 fully saturated rings. The van der Waals surface area contributed by atoms with Gasteiger partial charge in [0, 0.05) is 24.3 Å². The number of amides is 2. The third-order valence-electron chi connectivity index (χ3n) is 4.09. The van der Waals surface area contributed by atoms with Crippen LogP contribution in [-0.4, -0.2) is 50.9 Å². The van der Waals surface area contributed by atoms with E-state index < -0.39 is 12.0 Å². The van der Waals surface area contributed by atoms with E-state index >= 15 is 0 Å². The molecule has 0 bridgehead atoms. The van der Waals surface area contributed by atoms with Gasteiger partial charge in [-0.2, -0.15) is 10.1 Å². The van der Waals surface area contributed by atoms with Crippen molar-refractivity contribution in [3.8, 4) is 5.75 Å². The molecule has 1 aromatic carbocycles. The lowest BCUT2D eigenvalue weighted by atomic mass is 10.2. The number of aryl methyl sites for hydroxylation is 1. The first kappa shape index (κ1) is 22.6. The molecule has 0 aliphatic rings. The zero-order valence-electron chi connectivity index (χ0n) is 16.8. The summed E-state index contributed by atoms with van der Waals surface area (Å²) in [4.78, 5) is 28.3. The molecule has 3 aromatic rings. The monoisotopic (exact) mass is 466 g/mol. The van der Waals surface area contributed by atoms with Gasteiger partial charge in [0.25, 0.3) is 5.91 Å². The smallest absolute Gasteiger partial charge is 0.316 e. The Bertz CT molecular complexity index is 1070. The molecule has 0 saturated heterocycles. The zero-order valence-corrected chi connectivity index (χ0v) is 18.3. The van der Waals surface area contributed by atoms with Crippen molar-refractivity contribution >= 4 is 35.0 Å². The molecule has 2 heterocycles. The van der Waals surface area contributed by atoms with E-state index in [1.165, 1.54) is 10.9 Å². The first-order chi connectivity index (χ1) is 14.8. The van der Waals surface area contributed by atoms with Crippen LogP contribution in [0.1, 0.15) is 29.0 Å². The predicted octanol–water partition coefficient (Wildman–Crippen LogP) is 2.24. The molecule has 0 spiro atoms. The van der Waals surface area contributed by atoms with E-state index in [0.29, 0.717) is 15.8 Å². The van der Waals surface area contributed by atoms with Gasteiger partial charge in [0.15, 0.2) is 11.9 Å². The van der Waals surface area contributed by atoms with Gasteiger partial charge in [0.1, 0.15) is 12.3 Å². The highest BCUT2D eigenvalue weighted by Crippen LogP contribution is 2.22. The minimum atomic E-state index is -0.718. The summed E-state index contributed by atoms with van der Waals surface area (Å²) in [5, 5.41) is 14.1. The highest BCUT2D eigenvalue weighted by molar-refractivity contribution is 6.30. The number of halogens is 2. The highest BCUT2D eigenvalue weighted by atomic mass is 35.5. The van der Waals surface area contributed by atoms with Crippen molar-refractivity contribution < 1.29 is 18.8 Å². The molecular weight excluding hydrogens is 447 g/mol. The number of carbonyl (C=O) groups is 2. The topological polar surface area (TPSA) is 124 Å². The van der Waals surface area contributed by atoms with Crippen molar-refractivity contribution in [3.05, 3.63) is 57.9 Å². The normalized spacial score (nSPS) is 11.7. The molecule has 2 N–H and O–H groups in total. The number of rotatable bonds is 9. The van der Waals surface area contributed by atoms with Crippen molar-refractivity contribution in [2.45, 2.75) is 26.5 Å². The minimum Gasteiger partial charge on any atom is -0.481 e. The summed E-state index contributed by atoms with van der Waals surface area (Å²) >= 11 is 11.7. The van der Waals surface area contributed by atoms with Crippen molar-refractivity contribution in [2.24, 2.45) is 0 Å². The van der Waals surface area contributed by atoms with Crippen LogP contribution in [0.25, 0.3) is 0 Å². The fourth-order valence-electron chi connectivity index (χ4n) is 2.55. The summed E-state index contributed by atoms with van der Waals surface area (Å²) in [7, 11) is 0. The van der Waals surface area contributed by atoms with E-state index in [1.807, 2.05) is 6.92 Å². The molecule has 2 aromatic heterocycles. The molecule has 0 unspecified atom stereocenters. The van der Waals surface area contributed by atoms with Crippen molar-refractivity contribution in [2.75, 3.05) is 13.1 Å². The van der Waals surface area contributed by atoms with Crippen molar-refractivity contribution in [1.29, 1.82) is 0 Å². The molecule has 1 atom stereocenters. The average Bonchev–Trinajstić information content (AvgIpc) is 3.36. The molecule has 0 saturated carbocycles. The Labute approximate surface area is 187 Å². The Morgan fingerprint density at radius 2 is 2.00 bits per heavy atom. The zero-order chi connectivity index (χ0) is 22.4. The summed E-state index contributed by atoms with van der Waals surface area (Å²) in [6.07, 6.45) is 2.36. The van der Waals surface area contributed by atoms with Gasteiger partial charge in [-0.1, -0.05) is 28.4 Å². The lowest BCUT2D eigenvalue weighted by Gasteiger charge is -2.16. The SMILES string of the molecule is Cc1cc(Cl)ccc1O[C@H](C)C(=O)NCCNC(=O)c1nc(Cn2cc(Cl)cn2)no1. The molecule has 0 radical (unpaired) electrons. The summed E-state index contributed by atoms with van der Waals surface area (Å²) in [5.74, 6) is -0.199.